The molecule has 1 aromatic heterocycles. The molecule has 2 atom stereocenters. The molecule has 0 radical (unpaired) electrons. The van der Waals surface area contributed by atoms with E-state index in [2.05, 4.69) is 9.88 Å². The van der Waals surface area contributed by atoms with Crippen molar-refractivity contribution in [3.63, 3.8) is 0 Å². The van der Waals surface area contributed by atoms with Crippen LogP contribution in [0.15, 0.2) is 18.3 Å². The maximum Gasteiger partial charge on any atom is 0.128 e. The lowest BCUT2D eigenvalue weighted by Gasteiger charge is -2.38. The van der Waals surface area contributed by atoms with Crippen molar-refractivity contribution in [3.05, 3.63) is 23.9 Å². The Kier molecular flexibility index (Phi) is 3.78. The molecule has 4 N–H and O–H groups in total. The average molecular weight is 250 g/mol. The number of amidine groups is 1. The van der Waals surface area contributed by atoms with Gasteiger partial charge in [0.05, 0.1) is 25.4 Å². The number of morpholine rings is 1. The zero-order valence-corrected chi connectivity index (χ0v) is 10.3. The molecule has 0 amide bonds. The second-order valence-corrected chi connectivity index (χ2v) is 4.46. The molecule has 6 nitrogen and oxygen atoms in total. The molecule has 0 bridgehead atoms. The Balaban J connectivity index is 2.16. The summed E-state index contributed by atoms with van der Waals surface area (Å²) >= 11 is 0. The van der Waals surface area contributed by atoms with E-state index in [1.54, 1.807) is 12.3 Å². The third-order valence-electron chi connectivity index (χ3n) is 3.06. The Hall–Kier alpha value is -1.66. The summed E-state index contributed by atoms with van der Waals surface area (Å²) in [5.41, 5.74) is 6.00. The van der Waals surface area contributed by atoms with Crippen LogP contribution in [0.5, 0.6) is 0 Å². The van der Waals surface area contributed by atoms with Crippen molar-refractivity contribution in [2.24, 2.45) is 5.73 Å². The highest BCUT2D eigenvalue weighted by molar-refractivity contribution is 5.94. The van der Waals surface area contributed by atoms with Crippen LogP contribution in [0, 0.1) is 5.41 Å². The summed E-state index contributed by atoms with van der Waals surface area (Å²) in [5.74, 6) is 0.826. The molecule has 1 saturated heterocycles. The molecule has 0 saturated carbocycles. The summed E-state index contributed by atoms with van der Waals surface area (Å²) in [6.07, 6.45) is 1.42. The van der Waals surface area contributed by atoms with Gasteiger partial charge in [0.1, 0.15) is 11.7 Å². The van der Waals surface area contributed by atoms with Gasteiger partial charge in [-0.1, -0.05) is 0 Å². The lowest BCUT2D eigenvalue weighted by Crippen LogP contribution is -2.50. The Morgan fingerprint density at radius 3 is 3.00 bits per heavy atom. The van der Waals surface area contributed by atoms with Crippen molar-refractivity contribution in [2.45, 2.75) is 19.1 Å². The van der Waals surface area contributed by atoms with Crippen molar-refractivity contribution in [1.29, 1.82) is 5.41 Å². The fraction of sp³-hybridized carbons (Fsp3) is 0.500. The first kappa shape index (κ1) is 12.8. The maximum absolute atomic E-state index is 9.14. The fourth-order valence-corrected chi connectivity index (χ4v) is 1.96. The summed E-state index contributed by atoms with van der Waals surface area (Å²) in [7, 11) is 0. The Bertz CT molecular complexity index is 421. The molecule has 1 aliphatic rings. The highest BCUT2D eigenvalue weighted by atomic mass is 16.5. The smallest absolute Gasteiger partial charge is 0.128 e. The molecule has 0 aliphatic carbocycles. The van der Waals surface area contributed by atoms with E-state index in [4.69, 9.17) is 21.0 Å². The Labute approximate surface area is 106 Å². The number of aromatic nitrogens is 1. The second-order valence-electron chi connectivity index (χ2n) is 4.46. The highest BCUT2D eigenvalue weighted by Gasteiger charge is 2.26. The van der Waals surface area contributed by atoms with Crippen LogP contribution in [0.3, 0.4) is 0 Å². The number of nitrogen functional groups attached to an aromatic ring is 1. The minimum absolute atomic E-state index is 0.00868. The first-order chi connectivity index (χ1) is 8.61. The summed E-state index contributed by atoms with van der Waals surface area (Å²) in [4.78, 5) is 6.40. The van der Waals surface area contributed by atoms with Crippen LogP contribution in [-0.4, -0.2) is 47.8 Å². The summed E-state index contributed by atoms with van der Waals surface area (Å²) in [6, 6.07) is 3.83. The number of hydrogen-bond acceptors (Lipinski definition) is 5. The topological polar surface area (TPSA) is 95.5 Å². The van der Waals surface area contributed by atoms with Gasteiger partial charge >= 0.3 is 0 Å². The molecule has 1 aromatic rings. The average Bonchev–Trinajstić information content (AvgIpc) is 2.39. The SMILES string of the molecule is CC1COC(CO)CN1c1ccc(C(=N)N)cn1. The van der Waals surface area contributed by atoms with E-state index in [0.29, 0.717) is 18.7 Å². The summed E-state index contributed by atoms with van der Waals surface area (Å²) in [6.45, 7) is 3.24. The second kappa shape index (κ2) is 5.32. The number of nitrogens with two attached hydrogens (primary N) is 1. The number of aliphatic hydroxyl groups excluding tert-OH is 1. The number of nitrogens with one attached hydrogen (secondary N) is 1. The van der Waals surface area contributed by atoms with E-state index in [0.717, 1.165) is 5.82 Å². The van der Waals surface area contributed by atoms with Gasteiger partial charge in [0.2, 0.25) is 0 Å². The number of hydrogen-bond donors (Lipinski definition) is 3. The number of pyridine rings is 1. The molecule has 2 rings (SSSR count). The molecule has 6 heteroatoms. The molecular weight excluding hydrogens is 232 g/mol. The van der Waals surface area contributed by atoms with Gasteiger partial charge in [-0.2, -0.15) is 0 Å². The maximum atomic E-state index is 9.14. The van der Waals surface area contributed by atoms with Crippen molar-refractivity contribution in [1.82, 2.24) is 4.98 Å². The highest BCUT2D eigenvalue weighted by Crippen LogP contribution is 2.19. The lowest BCUT2D eigenvalue weighted by molar-refractivity contribution is -0.0105. The zero-order valence-electron chi connectivity index (χ0n) is 10.3. The molecule has 0 spiro atoms. The first-order valence-electron chi connectivity index (χ1n) is 5.91. The third-order valence-corrected chi connectivity index (χ3v) is 3.06. The number of ether oxygens (including phenoxy) is 1. The summed E-state index contributed by atoms with van der Waals surface area (Å²) < 4.78 is 5.48. The quantitative estimate of drug-likeness (QED) is 0.516. The summed E-state index contributed by atoms with van der Waals surface area (Å²) in [5, 5.41) is 16.5. The van der Waals surface area contributed by atoms with Crippen molar-refractivity contribution in [3.8, 4) is 0 Å². The minimum atomic E-state index is -0.171. The van der Waals surface area contributed by atoms with Gasteiger partial charge in [0.25, 0.3) is 0 Å². The largest absolute Gasteiger partial charge is 0.394 e. The molecule has 1 aliphatic heterocycles. The Morgan fingerprint density at radius 1 is 1.67 bits per heavy atom. The molecule has 2 heterocycles. The van der Waals surface area contributed by atoms with Crippen LogP contribution < -0.4 is 10.6 Å². The third kappa shape index (κ3) is 2.60. The predicted molar refractivity (Wildman–Crippen MR) is 68.9 cm³/mol. The van der Waals surface area contributed by atoms with E-state index in [9.17, 15) is 0 Å². The van der Waals surface area contributed by atoms with E-state index >= 15 is 0 Å². The van der Waals surface area contributed by atoms with Crippen LogP contribution in [0.2, 0.25) is 0 Å². The van der Waals surface area contributed by atoms with Gasteiger partial charge in [0, 0.05) is 18.3 Å². The van der Waals surface area contributed by atoms with Crippen LogP contribution >= 0.6 is 0 Å². The number of nitrogens with zero attached hydrogens (tertiary/aromatic N) is 2. The zero-order chi connectivity index (χ0) is 13.1. The molecule has 2 unspecified atom stereocenters. The van der Waals surface area contributed by atoms with E-state index in [1.165, 1.54) is 0 Å². The molecule has 0 aromatic carbocycles. The van der Waals surface area contributed by atoms with Crippen molar-refractivity contribution >= 4 is 11.7 Å². The van der Waals surface area contributed by atoms with Crippen LogP contribution in [0.25, 0.3) is 0 Å². The number of rotatable bonds is 3. The lowest BCUT2D eigenvalue weighted by atomic mass is 10.2. The Morgan fingerprint density at radius 2 is 2.44 bits per heavy atom. The van der Waals surface area contributed by atoms with Gasteiger partial charge in [-0.25, -0.2) is 4.98 Å². The minimum Gasteiger partial charge on any atom is -0.394 e. The van der Waals surface area contributed by atoms with Gasteiger partial charge in [-0.3, -0.25) is 5.41 Å². The first-order valence-corrected chi connectivity index (χ1v) is 5.91. The molecule has 98 valence electrons. The normalized spacial score (nSPS) is 24.0. The van der Waals surface area contributed by atoms with E-state index in [1.807, 2.05) is 13.0 Å². The van der Waals surface area contributed by atoms with Gasteiger partial charge in [-0.05, 0) is 19.1 Å². The fourth-order valence-electron chi connectivity index (χ4n) is 1.96. The standard InChI is InChI=1S/C12H18N4O2/c1-8-7-18-10(6-17)5-16(8)11-3-2-9(4-15-11)12(13)14/h2-4,8,10,17H,5-7H2,1H3,(H3,13,14). The monoisotopic (exact) mass is 250 g/mol. The molecule has 1 fully saturated rings. The van der Waals surface area contributed by atoms with Gasteiger partial charge < -0.3 is 20.5 Å². The van der Waals surface area contributed by atoms with Crippen molar-refractivity contribution < 1.29 is 9.84 Å². The van der Waals surface area contributed by atoms with Crippen molar-refractivity contribution in [2.75, 3.05) is 24.7 Å². The van der Waals surface area contributed by atoms with Crippen LogP contribution in [0.4, 0.5) is 5.82 Å². The van der Waals surface area contributed by atoms with Gasteiger partial charge in [0.15, 0.2) is 0 Å². The number of aliphatic hydroxyl groups is 1. The van der Waals surface area contributed by atoms with E-state index < -0.39 is 0 Å². The predicted octanol–water partition coefficient (Wildman–Crippen LogP) is -0.0483. The molecule has 18 heavy (non-hydrogen) atoms. The molecular formula is C12H18N4O2. The van der Waals surface area contributed by atoms with Crippen LogP contribution in [-0.2, 0) is 4.74 Å². The van der Waals surface area contributed by atoms with Crippen LogP contribution in [0.1, 0.15) is 12.5 Å². The van der Waals surface area contributed by atoms with E-state index in [-0.39, 0.29) is 24.6 Å². The van der Waals surface area contributed by atoms with Gasteiger partial charge in [-0.15, -0.1) is 0 Å². The number of anilines is 1.